The molecule has 1 aromatic carbocycles. The molecule has 25 heavy (non-hydrogen) atoms. The van der Waals surface area contributed by atoms with E-state index in [-0.39, 0.29) is 23.9 Å². The van der Waals surface area contributed by atoms with Crippen LogP contribution < -0.4 is 0 Å². The predicted octanol–water partition coefficient (Wildman–Crippen LogP) is 2.20. The highest BCUT2D eigenvalue weighted by molar-refractivity contribution is 5.95. The van der Waals surface area contributed by atoms with E-state index >= 15 is 0 Å². The maximum Gasteiger partial charge on any atom is 0.257 e. The van der Waals surface area contributed by atoms with Gasteiger partial charge in [-0.25, -0.2) is 9.07 Å². The molecule has 0 aliphatic carbocycles. The largest absolute Gasteiger partial charge is 0.383 e. The molecule has 1 aromatic heterocycles. The summed E-state index contributed by atoms with van der Waals surface area (Å²) in [5, 5.41) is 4.30. The van der Waals surface area contributed by atoms with Crippen molar-refractivity contribution in [2.75, 3.05) is 27.4 Å². The fourth-order valence-corrected chi connectivity index (χ4v) is 3.26. The second-order valence-corrected chi connectivity index (χ2v) is 6.19. The topological polar surface area (TPSA) is 56.6 Å². The van der Waals surface area contributed by atoms with Crippen LogP contribution in [0.1, 0.15) is 22.5 Å². The minimum Gasteiger partial charge on any atom is -0.383 e. The highest BCUT2D eigenvalue weighted by atomic mass is 19.1. The first kappa shape index (κ1) is 17.6. The Labute approximate surface area is 146 Å². The fourth-order valence-electron chi connectivity index (χ4n) is 3.26. The Hall–Kier alpha value is -2.25. The number of nitrogens with zero attached hydrogens (tertiary/aromatic N) is 3. The molecule has 1 saturated heterocycles. The van der Waals surface area contributed by atoms with Gasteiger partial charge in [0.05, 0.1) is 41.9 Å². The second kappa shape index (κ2) is 7.33. The maximum absolute atomic E-state index is 13.1. The van der Waals surface area contributed by atoms with Crippen LogP contribution in [0.15, 0.2) is 30.5 Å². The van der Waals surface area contributed by atoms with Crippen molar-refractivity contribution in [3.8, 4) is 5.69 Å². The summed E-state index contributed by atoms with van der Waals surface area (Å²) in [6.45, 7) is 2.83. The van der Waals surface area contributed by atoms with Gasteiger partial charge in [0.2, 0.25) is 0 Å². The monoisotopic (exact) mass is 347 g/mol. The Kier molecular flexibility index (Phi) is 5.15. The van der Waals surface area contributed by atoms with Gasteiger partial charge in [0.1, 0.15) is 5.82 Å². The van der Waals surface area contributed by atoms with Crippen LogP contribution in [-0.2, 0) is 9.47 Å². The van der Waals surface area contributed by atoms with Crippen molar-refractivity contribution in [3.63, 3.8) is 0 Å². The molecular weight excluding hydrogens is 325 g/mol. The number of likely N-dealkylation sites (tertiary alicyclic amines) is 1. The van der Waals surface area contributed by atoms with Crippen molar-refractivity contribution in [1.29, 1.82) is 0 Å². The van der Waals surface area contributed by atoms with Crippen molar-refractivity contribution in [3.05, 3.63) is 47.5 Å². The van der Waals surface area contributed by atoms with Crippen LogP contribution in [0.3, 0.4) is 0 Å². The van der Waals surface area contributed by atoms with E-state index in [4.69, 9.17) is 9.47 Å². The highest BCUT2D eigenvalue weighted by Crippen LogP contribution is 2.24. The van der Waals surface area contributed by atoms with E-state index in [0.29, 0.717) is 30.1 Å². The number of carbonyl (C=O) groups excluding carboxylic acids is 1. The summed E-state index contributed by atoms with van der Waals surface area (Å²) >= 11 is 0. The quantitative estimate of drug-likeness (QED) is 0.832. The van der Waals surface area contributed by atoms with E-state index in [1.807, 2.05) is 6.92 Å². The summed E-state index contributed by atoms with van der Waals surface area (Å²) in [7, 11) is 3.28. The third kappa shape index (κ3) is 3.43. The lowest BCUT2D eigenvalue weighted by Crippen LogP contribution is -2.38. The molecule has 0 spiro atoms. The Bertz CT molecular complexity index is 745. The van der Waals surface area contributed by atoms with Crippen molar-refractivity contribution < 1.29 is 18.7 Å². The average Bonchev–Trinajstić information content (AvgIpc) is 3.19. The SMILES string of the molecule is COC[C@@H]1C[C@H](OC)CN1C(=O)c1cnn(-c2ccc(F)cc2)c1C. The van der Waals surface area contributed by atoms with E-state index in [1.54, 1.807) is 42.1 Å². The molecule has 1 fully saturated rings. The predicted molar refractivity (Wildman–Crippen MR) is 90.4 cm³/mol. The number of halogens is 1. The summed E-state index contributed by atoms with van der Waals surface area (Å²) in [4.78, 5) is 14.8. The van der Waals surface area contributed by atoms with E-state index in [0.717, 1.165) is 6.42 Å². The first-order chi connectivity index (χ1) is 12.0. The molecule has 6 nitrogen and oxygen atoms in total. The van der Waals surface area contributed by atoms with Crippen LogP contribution in [0, 0.1) is 12.7 Å². The maximum atomic E-state index is 13.1. The van der Waals surface area contributed by atoms with Crippen LogP contribution in [0.4, 0.5) is 4.39 Å². The Morgan fingerprint density at radius 1 is 1.32 bits per heavy atom. The van der Waals surface area contributed by atoms with Gasteiger partial charge in [0.25, 0.3) is 5.91 Å². The summed E-state index contributed by atoms with van der Waals surface area (Å²) < 4.78 is 25.4. The minimum atomic E-state index is -0.310. The minimum absolute atomic E-state index is 0.0107. The van der Waals surface area contributed by atoms with E-state index in [1.165, 1.54) is 12.1 Å². The number of ether oxygens (including phenoxy) is 2. The van der Waals surface area contributed by atoms with Gasteiger partial charge in [0.15, 0.2) is 0 Å². The van der Waals surface area contributed by atoms with Gasteiger partial charge < -0.3 is 14.4 Å². The third-order valence-corrected chi connectivity index (χ3v) is 4.64. The van der Waals surface area contributed by atoms with Crippen LogP contribution >= 0.6 is 0 Å². The number of benzene rings is 1. The normalized spacial score (nSPS) is 20.2. The zero-order valence-corrected chi connectivity index (χ0v) is 14.6. The molecule has 7 heteroatoms. The van der Waals surface area contributed by atoms with Gasteiger partial charge in [-0.15, -0.1) is 0 Å². The summed E-state index contributed by atoms with van der Waals surface area (Å²) in [5.41, 5.74) is 1.96. The molecule has 134 valence electrons. The average molecular weight is 347 g/mol. The number of rotatable bonds is 5. The summed E-state index contributed by atoms with van der Waals surface area (Å²) in [6, 6.07) is 5.99. The van der Waals surface area contributed by atoms with Crippen molar-refractivity contribution >= 4 is 5.91 Å². The lowest BCUT2D eigenvalue weighted by molar-refractivity contribution is 0.0611. The molecule has 0 N–H and O–H groups in total. The molecule has 1 aliphatic heterocycles. The number of carbonyl (C=O) groups is 1. The second-order valence-electron chi connectivity index (χ2n) is 6.19. The molecule has 0 saturated carbocycles. The Morgan fingerprint density at radius 3 is 2.68 bits per heavy atom. The lowest BCUT2D eigenvalue weighted by Gasteiger charge is -2.23. The van der Waals surface area contributed by atoms with E-state index < -0.39 is 0 Å². The van der Waals surface area contributed by atoms with Crippen LogP contribution in [0.5, 0.6) is 0 Å². The zero-order chi connectivity index (χ0) is 18.0. The Balaban J connectivity index is 1.86. The van der Waals surface area contributed by atoms with Crippen LogP contribution in [0.25, 0.3) is 5.69 Å². The first-order valence-electron chi connectivity index (χ1n) is 8.18. The number of methoxy groups -OCH3 is 2. The molecule has 0 radical (unpaired) electrons. The zero-order valence-electron chi connectivity index (χ0n) is 14.6. The summed E-state index contributed by atoms with van der Waals surface area (Å²) in [5.74, 6) is -0.401. The van der Waals surface area contributed by atoms with Crippen molar-refractivity contribution in [2.24, 2.45) is 0 Å². The van der Waals surface area contributed by atoms with Crippen LogP contribution in [0.2, 0.25) is 0 Å². The lowest BCUT2D eigenvalue weighted by atomic mass is 10.2. The van der Waals surface area contributed by atoms with E-state index in [9.17, 15) is 9.18 Å². The van der Waals surface area contributed by atoms with Gasteiger partial charge in [-0.05, 0) is 37.6 Å². The summed E-state index contributed by atoms with van der Waals surface area (Å²) in [6.07, 6.45) is 2.32. The molecule has 1 aliphatic rings. The molecule has 2 aromatic rings. The van der Waals surface area contributed by atoms with Gasteiger partial charge in [-0.1, -0.05) is 0 Å². The number of aromatic nitrogens is 2. The van der Waals surface area contributed by atoms with Gasteiger partial charge >= 0.3 is 0 Å². The molecular formula is C18H22FN3O3. The highest BCUT2D eigenvalue weighted by Gasteiger charge is 2.36. The Morgan fingerprint density at radius 2 is 2.04 bits per heavy atom. The molecule has 0 bridgehead atoms. The first-order valence-corrected chi connectivity index (χ1v) is 8.18. The van der Waals surface area contributed by atoms with Crippen molar-refractivity contribution in [1.82, 2.24) is 14.7 Å². The molecule has 1 amide bonds. The fraction of sp³-hybridized carbons (Fsp3) is 0.444. The van der Waals surface area contributed by atoms with Crippen molar-refractivity contribution in [2.45, 2.75) is 25.5 Å². The molecule has 2 atom stereocenters. The smallest absolute Gasteiger partial charge is 0.257 e. The standard InChI is InChI=1S/C18H22FN3O3/c1-12-17(9-20-22(12)14-6-4-13(19)5-7-14)18(23)21-10-16(25-3)8-15(21)11-24-2/h4-7,9,15-16H,8,10-11H2,1-3H3/t15-,16-/m0/s1. The van der Waals surface area contributed by atoms with E-state index in [2.05, 4.69) is 5.10 Å². The van der Waals surface area contributed by atoms with Gasteiger partial charge in [-0.3, -0.25) is 4.79 Å². The molecule has 2 heterocycles. The van der Waals surface area contributed by atoms with Gasteiger partial charge in [0, 0.05) is 20.8 Å². The van der Waals surface area contributed by atoms with Crippen LogP contribution in [-0.4, -0.2) is 60.1 Å². The van der Waals surface area contributed by atoms with Gasteiger partial charge in [-0.2, -0.15) is 5.10 Å². The number of hydrogen-bond acceptors (Lipinski definition) is 4. The molecule has 0 unspecified atom stereocenters. The number of amides is 1. The number of hydrogen-bond donors (Lipinski definition) is 0. The third-order valence-electron chi connectivity index (χ3n) is 4.64. The molecule has 3 rings (SSSR count).